The topological polar surface area (TPSA) is 17.3 Å². The van der Waals surface area contributed by atoms with Crippen molar-refractivity contribution in [3.8, 4) is 0 Å². The number of pyridine rings is 1. The second-order valence-corrected chi connectivity index (χ2v) is 3.37. The van der Waals surface area contributed by atoms with Gasteiger partial charge in [0, 0.05) is 4.47 Å². The Morgan fingerprint density at radius 2 is 2.18 bits per heavy atom. The van der Waals surface area contributed by atoms with Crippen LogP contribution in [0.1, 0.15) is 0 Å². The second-order valence-electron chi connectivity index (χ2n) is 2.13. The smallest absolute Gasteiger partial charge is 0.131 e. The van der Waals surface area contributed by atoms with Gasteiger partial charge in [-0.1, -0.05) is 11.6 Å². The molecule has 0 atom stereocenters. The molecule has 0 N–H and O–H groups in total. The van der Waals surface area contributed by atoms with Gasteiger partial charge in [0.1, 0.15) is 5.15 Å². The fourth-order valence-electron chi connectivity index (χ4n) is 0.952. The monoisotopic (exact) mass is 230 g/mol. The summed E-state index contributed by atoms with van der Waals surface area (Å²) in [7, 11) is 0. The van der Waals surface area contributed by atoms with Crippen LogP contribution in [0.4, 0.5) is 0 Å². The van der Waals surface area contributed by atoms with Gasteiger partial charge in [0.25, 0.3) is 0 Å². The maximum Gasteiger partial charge on any atom is 0.131 e. The predicted molar refractivity (Wildman–Crippen MR) is 47.9 cm³/mol. The fraction of sp³-hybridized carbons (Fsp3) is 0. The van der Waals surface area contributed by atoms with Gasteiger partial charge < -0.3 is 0 Å². The molecule has 0 unspecified atom stereocenters. The fourth-order valence-corrected chi connectivity index (χ4v) is 1.58. The Labute approximate surface area is 76.9 Å². The van der Waals surface area contributed by atoms with Gasteiger partial charge in [-0.25, -0.2) is 4.52 Å². The van der Waals surface area contributed by atoms with Gasteiger partial charge in [0.15, 0.2) is 0 Å². The largest absolute Gasteiger partial charge is 0.221 e. The third-order valence-corrected chi connectivity index (χ3v) is 2.41. The lowest BCUT2D eigenvalue weighted by atomic mass is 10.4. The van der Waals surface area contributed by atoms with Crippen molar-refractivity contribution in [1.29, 1.82) is 0 Å². The second kappa shape index (κ2) is 2.50. The first-order valence-corrected chi connectivity index (χ1v) is 4.24. The van der Waals surface area contributed by atoms with Crippen LogP contribution in [0, 0.1) is 0 Å². The number of aromatic nitrogens is 2. The molecule has 56 valence electrons. The van der Waals surface area contributed by atoms with Gasteiger partial charge in [0.2, 0.25) is 0 Å². The average Bonchev–Trinajstić information content (AvgIpc) is 2.45. The minimum Gasteiger partial charge on any atom is -0.221 e. The van der Waals surface area contributed by atoms with E-state index in [4.69, 9.17) is 11.6 Å². The summed E-state index contributed by atoms with van der Waals surface area (Å²) in [5.74, 6) is 0. The Bertz CT molecular complexity index is 360. The minimum atomic E-state index is 0.619. The van der Waals surface area contributed by atoms with Gasteiger partial charge in [-0.2, -0.15) is 5.10 Å². The molecule has 2 heterocycles. The van der Waals surface area contributed by atoms with Gasteiger partial charge in [-0.05, 0) is 34.1 Å². The van der Waals surface area contributed by atoms with Crippen LogP contribution in [0.5, 0.6) is 0 Å². The van der Waals surface area contributed by atoms with E-state index in [9.17, 15) is 0 Å². The highest BCUT2D eigenvalue weighted by atomic mass is 79.9. The van der Waals surface area contributed by atoms with Crippen molar-refractivity contribution in [2.75, 3.05) is 0 Å². The van der Waals surface area contributed by atoms with E-state index < -0.39 is 0 Å². The molecule has 0 aliphatic carbocycles. The van der Waals surface area contributed by atoms with E-state index in [2.05, 4.69) is 21.0 Å². The molecule has 11 heavy (non-hydrogen) atoms. The molecular weight excluding hydrogens is 227 g/mol. The Kier molecular flexibility index (Phi) is 1.62. The summed E-state index contributed by atoms with van der Waals surface area (Å²) in [5.41, 5.74) is 0.984. The number of nitrogens with zero attached hydrogens (tertiary/aromatic N) is 2. The Hall–Kier alpha value is -0.540. The first kappa shape index (κ1) is 7.13. The van der Waals surface area contributed by atoms with E-state index >= 15 is 0 Å². The molecule has 0 aromatic carbocycles. The molecular formula is C7H4BrClN2. The molecule has 0 aliphatic heterocycles. The van der Waals surface area contributed by atoms with E-state index in [0.717, 1.165) is 9.99 Å². The Morgan fingerprint density at radius 3 is 2.91 bits per heavy atom. The maximum absolute atomic E-state index is 5.85. The number of rotatable bonds is 0. The van der Waals surface area contributed by atoms with Gasteiger partial charge in [-0.3, -0.25) is 0 Å². The van der Waals surface area contributed by atoms with Crippen LogP contribution in [0.2, 0.25) is 5.15 Å². The molecule has 2 rings (SSSR count). The molecule has 0 amide bonds. The van der Waals surface area contributed by atoms with Gasteiger partial charge in [-0.15, -0.1) is 0 Å². The Balaban J connectivity index is 2.96. The molecule has 0 aliphatic rings. The van der Waals surface area contributed by atoms with E-state index in [1.165, 1.54) is 0 Å². The lowest BCUT2D eigenvalue weighted by molar-refractivity contribution is 0.959. The van der Waals surface area contributed by atoms with Crippen molar-refractivity contribution in [2.24, 2.45) is 0 Å². The summed E-state index contributed by atoms with van der Waals surface area (Å²) in [6.45, 7) is 0. The van der Waals surface area contributed by atoms with E-state index in [1.54, 1.807) is 16.8 Å². The molecule has 0 spiro atoms. The molecule has 0 saturated heterocycles. The van der Waals surface area contributed by atoms with Crippen LogP contribution >= 0.6 is 27.5 Å². The zero-order chi connectivity index (χ0) is 7.84. The van der Waals surface area contributed by atoms with Crippen molar-refractivity contribution in [2.45, 2.75) is 0 Å². The number of hydrogen-bond acceptors (Lipinski definition) is 1. The third kappa shape index (κ3) is 1.04. The van der Waals surface area contributed by atoms with Crippen LogP contribution in [0.25, 0.3) is 5.52 Å². The first-order valence-electron chi connectivity index (χ1n) is 3.07. The average molecular weight is 231 g/mol. The van der Waals surface area contributed by atoms with E-state index in [-0.39, 0.29) is 0 Å². The summed E-state index contributed by atoms with van der Waals surface area (Å²) in [6.07, 6.45) is 1.71. The van der Waals surface area contributed by atoms with Crippen molar-refractivity contribution in [1.82, 2.24) is 9.61 Å². The van der Waals surface area contributed by atoms with E-state index in [0.29, 0.717) is 5.15 Å². The van der Waals surface area contributed by atoms with Gasteiger partial charge in [0.05, 0.1) is 11.7 Å². The summed E-state index contributed by atoms with van der Waals surface area (Å²) >= 11 is 9.24. The lowest BCUT2D eigenvalue weighted by Gasteiger charge is -1.97. The third-order valence-electron chi connectivity index (χ3n) is 1.46. The minimum absolute atomic E-state index is 0.619. The van der Waals surface area contributed by atoms with Crippen molar-refractivity contribution >= 4 is 33.0 Å². The van der Waals surface area contributed by atoms with Crippen LogP contribution < -0.4 is 0 Å². The summed E-state index contributed by atoms with van der Waals surface area (Å²) in [6, 6.07) is 5.60. The molecule has 0 saturated carbocycles. The first-order chi connectivity index (χ1) is 5.29. The Morgan fingerprint density at radius 1 is 1.36 bits per heavy atom. The summed E-state index contributed by atoms with van der Waals surface area (Å²) in [5, 5.41) is 4.65. The molecule has 0 fully saturated rings. The van der Waals surface area contributed by atoms with Crippen molar-refractivity contribution in [3.63, 3.8) is 0 Å². The molecule has 0 radical (unpaired) electrons. The highest BCUT2D eigenvalue weighted by Crippen LogP contribution is 2.20. The molecule has 2 nitrogen and oxygen atoms in total. The molecule has 2 aromatic heterocycles. The maximum atomic E-state index is 5.85. The van der Waals surface area contributed by atoms with Gasteiger partial charge >= 0.3 is 0 Å². The van der Waals surface area contributed by atoms with Crippen LogP contribution in [-0.4, -0.2) is 9.61 Å². The summed E-state index contributed by atoms with van der Waals surface area (Å²) < 4.78 is 2.67. The summed E-state index contributed by atoms with van der Waals surface area (Å²) in [4.78, 5) is 0. The number of fused-ring (bicyclic) bond motifs is 1. The number of halogens is 2. The van der Waals surface area contributed by atoms with E-state index in [1.807, 2.05) is 12.1 Å². The number of hydrogen-bond donors (Lipinski definition) is 0. The van der Waals surface area contributed by atoms with Crippen molar-refractivity contribution in [3.05, 3.63) is 34.0 Å². The van der Waals surface area contributed by atoms with Crippen molar-refractivity contribution < 1.29 is 0 Å². The molecule has 4 heteroatoms. The highest BCUT2D eigenvalue weighted by Gasteiger charge is 2.00. The standard InChI is InChI=1S/C7H4BrClN2/c8-5-1-2-7(9)11-6(5)3-4-10-11/h1-4H. The quantitative estimate of drug-likeness (QED) is 0.637. The molecule has 0 bridgehead atoms. The zero-order valence-corrected chi connectivity index (χ0v) is 7.80. The lowest BCUT2D eigenvalue weighted by Crippen LogP contribution is -1.87. The molecule has 2 aromatic rings. The normalized spacial score (nSPS) is 10.7. The predicted octanol–water partition coefficient (Wildman–Crippen LogP) is 2.75. The van der Waals surface area contributed by atoms with Crippen LogP contribution in [0.3, 0.4) is 0 Å². The zero-order valence-electron chi connectivity index (χ0n) is 5.46. The SMILES string of the molecule is Clc1ccc(Br)c2ccnn12. The van der Waals surface area contributed by atoms with Crippen LogP contribution in [0.15, 0.2) is 28.9 Å². The highest BCUT2D eigenvalue weighted by molar-refractivity contribution is 9.10. The van der Waals surface area contributed by atoms with Crippen LogP contribution in [-0.2, 0) is 0 Å².